The van der Waals surface area contributed by atoms with E-state index in [1.807, 2.05) is 31.2 Å². The van der Waals surface area contributed by atoms with Gasteiger partial charge in [0.1, 0.15) is 0 Å². The molecule has 0 fully saturated rings. The summed E-state index contributed by atoms with van der Waals surface area (Å²) in [5.41, 5.74) is 2.18. The maximum atomic E-state index is 5.94. The predicted octanol–water partition coefficient (Wildman–Crippen LogP) is 3.54. The molecule has 3 nitrogen and oxygen atoms in total. The fourth-order valence-electron chi connectivity index (χ4n) is 1.55. The van der Waals surface area contributed by atoms with Gasteiger partial charge in [-0.2, -0.15) is 0 Å². The highest BCUT2D eigenvalue weighted by Gasteiger charge is 2.07. The summed E-state index contributed by atoms with van der Waals surface area (Å²) in [6.07, 6.45) is 1.80. The lowest BCUT2D eigenvalue weighted by atomic mass is 10.1. The summed E-state index contributed by atoms with van der Waals surface area (Å²) in [5.74, 6) is 0.782. The molecule has 1 atom stereocenters. The SMILES string of the molecule is Cc1cnc(NC(C)c2cccc(Cl)c2)[nH]1. The first kappa shape index (κ1) is 11.0. The third-order valence-electron chi connectivity index (χ3n) is 2.40. The van der Waals surface area contributed by atoms with Crippen LogP contribution in [0.5, 0.6) is 0 Å². The molecule has 2 rings (SSSR count). The minimum atomic E-state index is 0.171. The van der Waals surface area contributed by atoms with Crippen molar-refractivity contribution >= 4 is 17.5 Å². The number of nitrogens with one attached hydrogen (secondary N) is 2. The molecule has 1 unspecified atom stereocenters. The van der Waals surface area contributed by atoms with Crippen LogP contribution in [0.15, 0.2) is 30.5 Å². The molecule has 0 saturated carbocycles. The largest absolute Gasteiger partial charge is 0.349 e. The zero-order valence-corrected chi connectivity index (χ0v) is 10.0. The summed E-state index contributed by atoms with van der Waals surface area (Å²) >= 11 is 5.94. The van der Waals surface area contributed by atoms with Crippen molar-refractivity contribution in [3.8, 4) is 0 Å². The molecule has 0 bridgehead atoms. The van der Waals surface area contributed by atoms with E-state index in [9.17, 15) is 0 Å². The van der Waals surface area contributed by atoms with Gasteiger partial charge in [-0.3, -0.25) is 0 Å². The number of aryl methyl sites for hydroxylation is 1. The Labute approximate surface area is 99.9 Å². The van der Waals surface area contributed by atoms with E-state index >= 15 is 0 Å². The number of halogens is 1. The highest BCUT2D eigenvalue weighted by atomic mass is 35.5. The van der Waals surface area contributed by atoms with Crippen LogP contribution in [0.1, 0.15) is 24.2 Å². The molecule has 0 saturated heterocycles. The highest BCUT2D eigenvalue weighted by molar-refractivity contribution is 6.30. The lowest BCUT2D eigenvalue weighted by Gasteiger charge is -2.13. The van der Waals surface area contributed by atoms with Crippen molar-refractivity contribution in [2.24, 2.45) is 0 Å². The van der Waals surface area contributed by atoms with E-state index in [-0.39, 0.29) is 6.04 Å². The van der Waals surface area contributed by atoms with Crippen molar-refractivity contribution in [1.82, 2.24) is 9.97 Å². The summed E-state index contributed by atoms with van der Waals surface area (Å²) in [6.45, 7) is 4.05. The Morgan fingerprint density at radius 2 is 2.25 bits per heavy atom. The van der Waals surface area contributed by atoms with Crippen LogP contribution in [-0.2, 0) is 0 Å². The van der Waals surface area contributed by atoms with Gasteiger partial charge in [0.15, 0.2) is 0 Å². The summed E-state index contributed by atoms with van der Waals surface area (Å²) in [6, 6.07) is 7.98. The molecule has 0 aliphatic carbocycles. The molecule has 16 heavy (non-hydrogen) atoms. The van der Waals surface area contributed by atoms with Crippen molar-refractivity contribution in [2.75, 3.05) is 5.32 Å². The summed E-state index contributed by atoms with van der Waals surface area (Å²) < 4.78 is 0. The van der Waals surface area contributed by atoms with Crippen molar-refractivity contribution in [3.63, 3.8) is 0 Å². The number of aromatic nitrogens is 2. The Morgan fingerprint density at radius 3 is 2.88 bits per heavy atom. The molecule has 0 aliphatic rings. The van der Waals surface area contributed by atoms with E-state index in [0.717, 1.165) is 22.2 Å². The van der Waals surface area contributed by atoms with Gasteiger partial charge in [-0.25, -0.2) is 4.98 Å². The molecule has 0 spiro atoms. The normalized spacial score (nSPS) is 12.4. The lowest BCUT2D eigenvalue weighted by Crippen LogP contribution is -2.07. The monoisotopic (exact) mass is 235 g/mol. The summed E-state index contributed by atoms with van der Waals surface area (Å²) in [4.78, 5) is 7.34. The topological polar surface area (TPSA) is 40.7 Å². The molecule has 0 radical (unpaired) electrons. The van der Waals surface area contributed by atoms with Crippen LogP contribution < -0.4 is 5.32 Å². The number of anilines is 1. The third-order valence-corrected chi connectivity index (χ3v) is 2.64. The zero-order valence-electron chi connectivity index (χ0n) is 9.29. The smallest absolute Gasteiger partial charge is 0.200 e. The van der Waals surface area contributed by atoms with Crippen LogP contribution in [-0.4, -0.2) is 9.97 Å². The fraction of sp³-hybridized carbons (Fsp3) is 0.250. The number of hydrogen-bond acceptors (Lipinski definition) is 2. The Hall–Kier alpha value is -1.48. The van der Waals surface area contributed by atoms with E-state index in [1.54, 1.807) is 6.20 Å². The minimum absolute atomic E-state index is 0.171. The van der Waals surface area contributed by atoms with E-state index in [4.69, 9.17) is 11.6 Å². The molecule has 0 aliphatic heterocycles. The first-order chi connectivity index (χ1) is 7.65. The van der Waals surface area contributed by atoms with Gasteiger partial charge < -0.3 is 10.3 Å². The molecule has 0 amide bonds. The number of benzene rings is 1. The Kier molecular flexibility index (Phi) is 3.15. The first-order valence-electron chi connectivity index (χ1n) is 5.19. The number of hydrogen-bond donors (Lipinski definition) is 2. The second-order valence-electron chi connectivity index (χ2n) is 3.84. The standard InChI is InChI=1S/C12H14ClN3/c1-8-7-14-12(15-8)16-9(2)10-4-3-5-11(13)6-10/h3-7,9H,1-2H3,(H2,14,15,16). The zero-order chi connectivity index (χ0) is 11.5. The number of nitrogens with zero attached hydrogens (tertiary/aromatic N) is 1. The van der Waals surface area contributed by atoms with Gasteiger partial charge in [0.05, 0.1) is 6.04 Å². The molecule has 1 aromatic carbocycles. The van der Waals surface area contributed by atoms with Crippen LogP contribution >= 0.6 is 11.6 Å². The van der Waals surface area contributed by atoms with Gasteiger partial charge in [0.2, 0.25) is 5.95 Å². The van der Waals surface area contributed by atoms with Gasteiger partial charge in [0.25, 0.3) is 0 Å². The maximum Gasteiger partial charge on any atom is 0.200 e. The predicted molar refractivity (Wildman–Crippen MR) is 66.8 cm³/mol. The molecule has 84 valence electrons. The Bertz CT molecular complexity index is 479. The Balaban J connectivity index is 2.11. The molecule has 2 aromatic rings. The molecular weight excluding hydrogens is 222 g/mol. The fourth-order valence-corrected chi connectivity index (χ4v) is 1.75. The van der Waals surface area contributed by atoms with E-state index in [0.29, 0.717) is 0 Å². The summed E-state index contributed by atoms with van der Waals surface area (Å²) in [7, 11) is 0. The molecule has 1 aromatic heterocycles. The third kappa shape index (κ3) is 2.55. The van der Waals surface area contributed by atoms with Gasteiger partial charge in [-0.1, -0.05) is 23.7 Å². The van der Waals surface area contributed by atoms with Crippen LogP contribution in [0.3, 0.4) is 0 Å². The molecule has 1 heterocycles. The summed E-state index contributed by atoms with van der Waals surface area (Å²) in [5, 5.41) is 4.03. The van der Waals surface area contributed by atoms with Gasteiger partial charge in [0, 0.05) is 16.9 Å². The van der Waals surface area contributed by atoms with Crippen molar-refractivity contribution in [2.45, 2.75) is 19.9 Å². The average Bonchev–Trinajstić information content (AvgIpc) is 2.64. The second kappa shape index (κ2) is 4.58. The Morgan fingerprint density at radius 1 is 1.44 bits per heavy atom. The number of H-pyrrole nitrogens is 1. The van der Waals surface area contributed by atoms with E-state index < -0.39 is 0 Å². The van der Waals surface area contributed by atoms with Crippen LogP contribution in [0.25, 0.3) is 0 Å². The van der Waals surface area contributed by atoms with Crippen LogP contribution in [0.4, 0.5) is 5.95 Å². The van der Waals surface area contributed by atoms with E-state index in [2.05, 4.69) is 22.2 Å². The van der Waals surface area contributed by atoms with Gasteiger partial charge in [-0.05, 0) is 31.5 Å². The number of aromatic amines is 1. The lowest BCUT2D eigenvalue weighted by molar-refractivity contribution is 0.867. The number of rotatable bonds is 3. The quantitative estimate of drug-likeness (QED) is 0.854. The van der Waals surface area contributed by atoms with Crippen molar-refractivity contribution in [1.29, 1.82) is 0 Å². The van der Waals surface area contributed by atoms with Crippen LogP contribution in [0, 0.1) is 6.92 Å². The maximum absolute atomic E-state index is 5.94. The van der Waals surface area contributed by atoms with E-state index in [1.165, 1.54) is 0 Å². The average molecular weight is 236 g/mol. The second-order valence-corrected chi connectivity index (χ2v) is 4.27. The number of imidazole rings is 1. The van der Waals surface area contributed by atoms with Crippen LogP contribution in [0.2, 0.25) is 5.02 Å². The van der Waals surface area contributed by atoms with Crippen molar-refractivity contribution < 1.29 is 0 Å². The molecular formula is C12H14ClN3. The van der Waals surface area contributed by atoms with Crippen molar-refractivity contribution in [3.05, 3.63) is 46.7 Å². The first-order valence-corrected chi connectivity index (χ1v) is 5.56. The molecule has 4 heteroatoms. The highest BCUT2D eigenvalue weighted by Crippen LogP contribution is 2.20. The molecule has 2 N–H and O–H groups in total. The van der Waals surface area contributed by atoms with Gasteiger partial charge in [-0.15, -0.1) is 0 Å². The minimum Gasteiger partial charge on any atom is -0.349 e. The van der Waals surface area contributed by atoms with Gasteiger partial charge >= 0.3 is 0 Å².